The lowest BCUT2D eigenvalue weighted by Crippen LogP contribution is -2.11. The highest BCUT2D eigenvalue weighted by Crippen LogP contribution is 2.46. The van der Waals surface area contributed by atoms with Crippen molar-refractivity contribution in [2.24, 2.45) is 0 Å². The van der Waals surface area contributed by atoms with Crippen LogP contribution in [0.15, 0.2) is 297 Å². The molecule has 346 valence electrons. The highest BCUT2D eigenvalue weighted by atomic mass is 15.1. The van der Waals surface area contributed by atoms with Crippen LogP contribution < -0.4 is 4.90 Å². The third kappa shape index (κ3) is 9.53. The van der Waals surface area contributed by atoms with Crippen LogP contribution in [0.5, 0.6) is 0 Å². The van der Waals surface area contributed by atoms with Gasteiger partial charge in [0.1, 0.15) is 0 Å². The van der Waals surface area contributed by atoms with Crippen LogP contribution in [-0.2, 0) is 0 Å². The van der Waals surface area contributed by atoms with Crippen LogP contribution in [0.25, 0.3) is 94.6 Å². The first-order chi connectivity index (χ1) is 36.2. The van der Waals surface area contributed by atoms with E-state index in [4.69, 9.17) is 0 Å². The number of allylic oxidation sites excluding steroid dienone is 4. The molecule has 0 amide bonds. The standard InChI is InChI=1S/C72H53N/c1-7-19-52(20-8-1)55-31-37-61(38-32-55)67-46-43-64(49-70(67)58-25-13-4-14-26-58)73(65-44-47-68(71(50-65)59-27-15-5-16-28-59)62-39-33-56(34-40-62)53-21-9-2-10-22-53)66-45-48-69(72(51-66)60-29-17-6-18-30-60)63-41-35-57(36-42-63)54-23-11-3-12-24-54/h1-2,4-11,13-51H,3,12H2. The predicted octanol–water partition coefficient (Wildman–Crippen LogP) is 20.2. The summed E-state index contributed by atoms with van der Waals surface area (Å²) in [6, 6.07) is 102. The summed E-state index contributed by atoms with van der Waals surface area (Å²) in [5, 5.41) is 0. The fourth-order valence-electron chi connectivity index (χ4n) is 10.4. The highest BCUT2D eigenvalue weighted by molar-refractivity contribution is 5.95. The molecule has 11 aromatic rings. The van der Waals surface area contributed by atoms with E-state index >= 15 is 0 Å². The topological polar surface area (TPSA) is 3.24 Å². The largest absolute Gasteiger partial charge is 0.310 e. The van der Waals surface area contributed by atoms with Crippen molar-refractivity contribution in [3.63, 3.8) is 0 Å². The van der Waals surface area contributed by atoms with Gasteiger partial charge in [-0.05, 0) is 149 Å². The van der Waals surface area contributed by atoms with E-state index in [0.717, 1.165) is 52.2 Å². The summed E-state index contributed by atoms with van der Waals surface area (Å²) < 4.78 is 0. The van der Waals surface area contributed by atoms with Crippen LogP contribution in [0, 0.1) is 0 Å². The monoisotopic (exact) mass is 931 g/mol. The lowest BCUT2D eigenvalue weighted by atomic mass is 9.90. The Bertz CT molecular complexity index is 3540. The molecule has 0 saturated carbocycles. The molecule has 0 bridgehead atoms. The Morgan fingerprint density at radius 3 is 0.808 bits per heavy atom. The number of hydrogen-bond donors (Lipinski definition) is 0. The maximum Gasteiger partial charge on any atom is 0.0468 e. The van der Waals surface area contributed by atoms with Crippen molar-refractivity contribution in [2.45, 2.75) is 12.8 Å². The van der Waals surface area contributed by atoms with E-state index in [9.17, 15) is 0 Å². The van der Waals surface area contributed by atoms with E-state index in [0.29, 0.717) is 0 Å². The summed E-state index contributed by atoms with van der Waals surface area (Å²) >= 11 is 0. The zero-order valence-electron chi connectivity index (χ0n) is 40.7. The van der Waals surface area contributed by atoms with Gasteiger partial charge in [0.15, 0.2) is 0 Å². The molecule has 0 saturated heterocycles. The fourth-order valence-corrected chi connectivity index (χ4v) is 10.4. The second-order valence-corrected chi connectivity index (χ2v) is 18.7. The lowest BCUT2D eigenvalue weighted by molar-refractivity contribution is 1.04. The van der Waals surface area contributed by atoms with Crippen LogP contribution in [0.1, 0.15) is 18.4 Å². The Balaban J connectivity index is 1.04. The maximum atomic E-state index is 2.45. The summed E-state index contributed by atoms with van der Waals surface area (Å²) in [5.74, 6) is 0. The minimum Gasteiger partial charge on any atom is -0.310 e. The van der Waals surface area contributed by atoms with E-state index < -0.39 is 0 Å². The Morgan fingerprint density at radius 2 is 0.493 bits per heavy atom. The molecule has 0 unspecified atom stereocenters. The van der Waals surface area contributed by atoms with Crippen LogP contribution in [0.4, 0.5) is 17.1 Å². The SMILES string of the molecule is C1=CC(c2ccc(-c3ccc(N(c4ccc(-c5ccc(-c6ccccc6)cc5)c(-c5ccccc5)c4)c4ccc(-c5ccc(-c6ccccc6)cc5)c(-c5ccccc5)c4)cc3-c3ccccc3)cc2)=CCC1. The lowest BCUT2D eigenvalue weighted by Gasteiger charge is -2.29. The molecule has 73 heavy (non-hydrogen) atoms. The normalized spacial score (nSPS) is 12.0. The summed E-state index contributed by atoms with van der Waals surface area (Å²) in [7, 11) is 0. The van der Waals surface area contributed by atoms with E-state index in [2.05, 4.69) is 302 Å². The van der Waals surface area contributed by atoms with E-state index in [1.165, 1.54) is 77.9 Å². The van der Waals surface area contributed by atoms with Gasteiger partial charge < -0.3 is 4.90 Å². The van der Waals surface area contributed by atoms with Gasteiger partial charge in [0.2, 0.25) is 0 Å². The second kappa shape index (κ2) is 20.6. The molecule has 0 spiro atoms. The van der Waals surface area contributed by atoms with Gasteiger partial charge in [-0.25, -0.2) is 0 Å². The molecule has 0 fully saturated rings. The Labute approximate surface area is 430 Å². The van der Waals surface area contributed by atoms with Crippen molar-refractivity contribution >= 4 is 22.6 Å². The Morgan fingerprint density at radius 1 is 0.219 bits per heavy atom. The first kappa shape index (κ1) is 44.9. The first-order valence-electron chi connectivity index (χ1n) is 25.4. The zero-order chi connectivity index (χ0) is 48.8. The molecule has 1 aliphatic rings. The maximum absolute atomic E-state index is 2.45. The molecular weight excluding hydrogens is 879 g/mol. The van der Waals surface area contributed by atoms with Crippen molar-refractivity contribution in [1.29, 1.82) is 0 Å². The summed E-state index contributed by atoms with van der Waals surface area (Å²) in [4.78, 5) is 2.45. The Hall–Kier alpha value is -9.30. The van der Waals surface area contributed by atoms with Gasteiger partial charge >= 0.3 is 0 Å². The van der Waals surface area contributed by atoms with Crippen molar-refractivity contribution in [1.82, 2.24) is 0 Å². The molecule has 1 aliphatic carbocycles. The van der Waals surface area contributed by atoms with Gasteiger partial charge in [-0.15, -0.1) is 0 Å². The van der Waals surface area contributed by atoms with Gasteiger partial charge in [0.25, 0.3) is 0 Å². The van der Waals surface area contributed by atoms with E-state index in [1.54, 1.807) is 0 Å². The minimum atomic E-state index is 1.06. The summed E-state index contributed by atoms with van der Waals surface area (Å²) in [6.45, 7) is 0. The van der Waals surface area contributed by atoms with Crippen LogP contribution in [-0.4, -0.2) is 0 Å². The fraction of sp³-hybridized carbons (Fsp3) is 0.0278. The van der Waals surface area contributed by atoms with Gasteiger partial charge in [0, 0.05) is 17.1 Å². The van der Waals surface area contributed by atoms with Gasteiger partial charge in [0.05, 0.1) is 0 Å². The smallest absolute Gasteiger partial charge is 0.0468 e. The van der Waals surface area contributed by atoms with Crippen molar-refractivity contribution in [3.8, 4) is 89.0 Å². The quantitative estimate of drug-likeness (QED) is 0.118. The third-order valence-electron chi connectivity index (χ3n) is 14.2. The number of benzene rings is 11. The van der Waals surface area contributed by atoms with Crippen LogP contribution in [0.2, 0.25) is 0 Å². The van der Waals surface area contributed by atoms with E-state index in [-0.39, 0.29) is 0 Å². The molecule has 0 N–H and O–H groups in total. The van der Waals surface area contributed by atoms with Crippen LogP contribution >= 0.6 is 0 Å². The molecule has 0 atom stereocenters. The molecular formula is C72H53N. The average Bonchev–Trinajstić information content (AvgIpc) is 3.49. The zero-order valence-corrected chi connectivity index (χ0v) is 40.7. The minimum absolute atomic E-state index is 1.06. The molecule has 0 heterocycles. The molecule has 1 nitrogen and oxygen atoms in total. The Kier molecular flexibility index (Phi) is 12.7. The highest BCUT2D eigenvalue weighted by Gasteiger charge is 2.21. The van der Waals surface area contributed by atoms with Gasteiger partial charge in [-0.2, -0.15) is 0 Å². The van der Waals surface area contributed by atoms with E-state index in [1.807, 2.05) is 0 Å². The molecule has 0 aromatic heterocycles. The van der Waals surface area contributed by atoms with Gasteiger partial charge in [-0.1, -0.05) is 261 Å². The predicted molar refractivity (Wildman–Crippen MR) is 311 cm³/mol. The molecule has 0 aliphatic heterocycles. The summed E-state index contributed by atoms with van der Waals surface area (Å²) in [6.07, 6.45) is 9.07. The second-order valence-electron chi connectivity index (χ2n) is 18.7. The molecule has 11 aromatic carbocycles. The van der Waals surface area contributed by atoms with Gasteiger partial charge in [-0.3, -0.25) is 0 Å². The van der Waals surface area contributed by atoms with Crippen molar-refractivity contribution < 1.29 is 0 Å². The molecule has 0 radical (unpaired) electrons. The van der Waals surface area contributed by atoms with Crippen molar-refractivity contribution in [2.75, 3.05) is 4.90 Å². The first-order valence-corrected chi connectivity index (χ1v) is 25.4. The molecule has 12 rings (SSSR count). The molecule has 1 heteroatoms. The van der Waals surface area contributed by atoms with Crippen molar-refractivity contribution in [3.05, 3.63) is 303 Å². The summed E-state index contributed by atoms with van der Waals surface area (Å²) in [5.41, 5.74) is 24.6. The number of nitrogens with zero attached hydrogens (tertiary/aromatic N) is 1. The number of rotatable bonds is 12. The third-order valence-corrected chi connectivity index (χ3v) is 14.2. The average molecular weight is 932 g/mol. The number of anilines is 3. The van der Waals surface area contributed by atoms with Crippen LogP contribution in [0.3, 0.4) is 0 Å². The number of hydrogen-bond acceptors (Lipinski definition) is 1.